The zero-order valence-electron chi connectivity index (χ0n) is 18.2. The van der Waals surface area contributed by atoms with E-state index in [1.54, 1.807) is 4.90 Å². The van der Waals surface area contributed by atoms with Crippen molar-refractivity contribution >= 4 is 11.8 Å². The predicted molar refractivity (Wildman–Crippen MR) is 114 cm³/mol. The van der Waals surface area contributed by atoms with Crippen LogP contribution in [0, 0.1) is 17.2 Å². The van der Waals surface area contributed by atoms with Gasteiger partial charge < -0.3 is 24.4 Å². The largest absolute Gasteiger partial charge is 0.492 e. The van der Waals surface area contributed by atoms with E-state index < -0.39 is 5.60 Å². The number of nitriles is 1. The van der Waals surface area contributed by atoms with Gasteiger partial charge >= 0.3 is 0 Å². The Morgan fingerprint density at radius 2 is 1.75 bits per heavy atom. The Bertz CT molecular complexity index is 937. The van der Waals surface area contributed by atoms with Crippen LogP contribution in [0.2, 0.25) is 0 Å². The summed E-state index contributed by atoms with van der Waals surface area (Å²) in [6.07, 6.45) is 3.63. The first-order chi connectivity index (χ1) is 15.5. The molecule has 1 N–H and O–H groups in total. The Kier molecular flexibility index (Phi) is 5.56. The summed E-state index contributed by atoms with van der Waals surface area (Å²) in [6, 6.07) is 8.52. The van der Waals surface area contributed by atoms with Gasteiger partial charge in [-0.15, -0.1) is 0 Å². The molecule has 170 valence electrons. The quantitative estimate of drug-likeness (QED) is 0.764. The maximum Gasteiger partial charge on any atom is 0.259 e. The summed E-state index contributed by atoms with van der Waals surface area (Å²) >= 11 is 0. The molecule has 1 unspecified atom stereocenters. The number of carbonyl (C=O) groups is 2. The van der Waals surface area contributed by atoms with Crippen molar-refractivity contribution < 1.29 is 24.2 Å². The van der Waals surface area contributed by atoms with Crippen molar-refractivity contribution in [2.75, 3.05) is 46.0 Å². The van der Waals surface area contributed by atoms with E-state index in [-0.39, 0.29) is 36.9 Å². The van der Waals surface area contributed by atoms with Crippen LogP contribution < -0.4 is 4.74 Å². The third-order valence-electron chi connectivity index (χ3n) is 7.48. The summed E-state index contributed by atoms with van der Waals surface area (Å²) in [6.45, 7) is 2.50. The predicted octanol–water partition coefficient (Wildman–Crippen LogP) is 1.39. The Morgan fingerprint density at radius 1 is 1.06 bits per heavy atom. The number of piperazine rings is 1. The zero-order chi connectivity index (χ0) is 22.3. The molecule has 3 aliphatic heterocycles. The number of carbonyl (C=O) groups excluding carboxylic acids is 2. The number of amides is 2. The van der Waals surface area contributed by atoms with E-state index in [1.807, 2.05) is 11.0 Å². The van der Waals surface area contributed by atoms with Crippen molar-refractivity contribution in [1.29, 1.82) is 5.26 Å². The van der Waals surface area contributed by atoms with Gasteiger partial charge in [0.25, 0.3) is 5.91 Å². The minimum absolute atomic E-state index is 0.0299. The highest BCUT2D eigenvalue weighted by Crippen LogP contribution is 2.41. The molecule has 1 aliphatic carbocycles. The lowest BCUT2D eigenvalue weighted by atomic mass is 9.77. The molecular formula is C24H29N3O5. The Labute approximate surface area is 187 Å². The van der Waals surface area contributed by atoms with Gasteiger partial charge in [-0.2, -0.15) is 5.26 Å². The second-order valence-corrected chi connectivity index (χ2v) is 9.48. The van der Waals surface area contributed by atoms with Crippen LogP contribution in [0.3, 0.4) is 0 Å². The molecule has 3 heterocycles. The van der Waals surface area contributed by atoms with Crippen molar-refractivity contribution in [3.8, 4) is 11.8 Å². The van der Waals surface area contributed by atoms with Crippen LogP contribution in [0.15, 0.2) is 18.2 Å². The van der Waals surface area contributed by atoms with E-state index in [2.05, 4.69) is 18.2 Å². The first-order valence-corrected chi connectivity index (χ1v) is 11.5. The van der Waals surface area contributed by atoms with Gasteiger partial charge in [0.05, 0.1) is 19.3 Å². The van der Waals surface area contributed by atoms with E-state index in [1.165, 1.54) is 5.56 Å². The molecule has 32 heavy (non-hydrogen) atoms. The minimum Gasteiger partial charge on any atom is -0.492 e. The lowest BCUT2D eigenvalue weighted by molar-refractivity contribution is -0.201. The highest BCUT2D eigenvalue weighted by Gasteiger charge is 2.47. The van der Waals surface area contributed by atoms with Gasteiger partial charge in [-0.3, -0.25) is 9.59 Å². The summed E-state index contributed by atoms with van der Waals surface area (Å²) in [4.78, 5) is 29.0. The van der Waals surface area contributed by atoms with Crippen LogP contribution in [0.25, 0.3) is 0 Å². The van der Waals surface area contributed by atoms with E-state index >= 15 is 0 Å². The second kappa shape index (κ2) is 8.38. The first-order valence-electron chi connectivity index (χ1n) is 11.5. The van der Waals surface area contributed by atoms with Gasteiger partial charge in [0, 0.05) is 37.7 Å². The molecule has 0 aromatic heterocycles. The van der Waals surface area contributed by atoms with Gasteiger partial charge in [0.2, 0.25) is 5.91 Å². The van der Waals surface area contributed by atoms with Gasteiger partial charge in [-0.05, 0) is 43.2 Å². The maximum absolute atomic E-state index is 13.1. The molecule has 2 saturated heterocycles. The summed E-state index contributed by atoms with van der Waals surface area (Å²) in [7, 11) is 0. The summed E-state index contributed by atoms with van der Waals surface area (Å²) in [5.74, 6) is 0.971. The number of rotatable bonds is 3. The molecule has 0 radical (unpaired) electrons. The Morgan fingerprint density at radius 3 is 2.38 bits per heavy atom. The van der Waals surface area contributed by atoms with Gasteiger partial charge in [-0.1, -0.05) is 12.1 Å². The lowest BCUT2D eigenvalue weighted by Gasteiger charge is -2.42. The monoisotopic (exact) mass is 439 g/mol. The number of benzene rings is 1. The van der Waals surface area contributed by atoms with Crippen molar-refractivity contribution in [2.45, 2.75) is 43.1 Å². The average molecular weight is 440 g/mol. The lowest BCUT2D eigenvalue weighted by Crippen LogP contribution is -2.64. The Hall–Kier alpha value is -2.63. The van der Waals surface area contributed by atoms with Crippen LogP contribution in [-0.2, 0) is 14.3 Å². The molecule has 2 amide bonds. The fourth-order valence-electron chi connectivity index (χ4n) is 5.37. The van der Waals surface area contributed by atoms with Gasteiger partial charge in [-0.25, -0.2) is 0 Å². The maximum atomic E-state index is 13.1. The number of fused-ring (bicyclic) bond motifs is 1. The average Bonchev–Trinajstić information content (AvgIpc) is 3.24. The van der Waals surface area contributed by atoms with Crippen LogP contribution >= 0.6 is 0 Å². The van der Waals surface area contributed by atoms with E-state index in [0.29, 0.717) is 38.7 Å². The highest BCUT2D eigenvalue weighted by atomic mass is 16.5. The fraction of sp³-hybridized carbons (Fsp3) is 0.625. The summed E-state index contributed by atoms with van der Waals surface area (Å²) in [5, 5.41) is 19.5. The molecular weight excluding hydrogens is 410 g/mol. The van der Waals surface area contributed by atoms with E-state index in [0.717, 1.165) is 37.0 Å². The first kappa shape index (κ1) is 21.2. The highest BCUT2D eigenvalue weighted by molar-refractivity contribution is 5.86. The van der Waals surface area contributed by atoms with Gasteiger partial charge in [0.1, 0.15) is 18.3 Å². The molecule has 1 atom stereocenters. The van der Waals surface area contributed by atoms with Crippen LogP contribution in [-0.4, -0.2) is 78.3 Å². The number of hydrogen-bond acceptors (Lipinski definition) is 6. The number of aliphatic hydroxyl groups is 1. The van der Waals surface area contributed by atoms with Crippen LogP contribution in [0.5, 0.6) is 5.75 Å². The summed E-state index contributed by atoms with van der Waals surface area (Å²) < 4.78 is 10.6. The molecule has 1 aromatic rings. The van der Waals surface area contributed by atoms with Crippen molar-refractivity contribution in [2.24, 2.45) is 5.92 Å². The molecule has 4 aliphatic rings. The molecule has 8 heteroatoms. The molecule has 1 aromatic carbocycles. The van der Waals surface area contributed by atoms with Crippen molar-refractivity contribution in [3.05, 3.63) is 29.3 Å². The van der Waals surface area contributed by atoms with E-state index in [4.69, 9.17) is 9.47 Å². The third kappa shape index (κ3) is 3.74. The van der Waals surface area contributed by atoms with Crippen LogP contribution in [0.1, 0.15) is 48.6 Å². The topological polar surface area (TPSA) is 103 Å². The Balaban J connectivity index is 1.13. The van der Waals surface area contributed by atoms with E-state index in [9.17, 15) is 20.0 Å². The number of hydrogen-bond donors (Lipinski definition) is 1. The van der Waals surface area contributed by atoms with Crippen molar-refractivity contribution in [1.82, 2.24) is 9.80 Å². The molecule has 3 fully saturated rings. The molecule has 8 nitrogen and oxygen atoms in total. The molecule has 1 saturated carbocycles. The normalized spacial score (nSPS) is 28.8. The fourth-order valence-corrected chi connectivity index (χ4v) is 5.37. The zero-order valence-corrected chi connectivity index (χ0v) is 18.2. The van der Waals surface area contributed by atoms with Crippen molar-refractivity contribution in [3.63, 3.8) is 0 Å². The number of nitrogens with zero attached hydrogens (tertiary/aromatic N) is 3. The summed E-state index contributed by atoms with van der Waals surface area (Å²) in [5.41, 5.74) is 0.862. The molecule has 5 rings (SSSR count). The smallest absolute Gasteiger partial charge is 0.259 e. The van der Waals surface area contributed by atoms with Crippen LogP contribution in [0.4, 0.5) is 0 Å². The SMILES string of the molecule is N#CC1COc2ccc(C3CCC(C(=O)N4CCN(C(=O)C5(O)COC5)CC4)CC3)cc21. The molecule has 0 spiro atoms. The standard InChI is InChI=1S/C24H29N3O5/c25-12-19-13-32-21-6-5-18(11-20(19)21)16-1-3-17(4-2-16)22(28)26-7-9-27(10-8-26)23(29)24(30)14-31-15-24/h5-6,11,16-17,19,30H,1-4,7-10,13-15H2. The van der Waals surface area contributed by atoms with Gasteiger partial charge in [0.15, 0.2) is 5.60 Å². The number of ether oxygens (including phenoxy) is 2. The third-order valence-corrected chi connectivity index (χ3v) is 7.48. The second-order valence-electron chi connectivity index (χ2n) is 9.48. The molecule has 0 bridgehead atoms. The minimum atomic E-state index is -1.37.